The summed E-state index contributed by atoms with van der Waals surface area (Å²) in [5.41, 5.74) is 0. The van der Waals surface area contributed by atoms with E-state index in [1.54, 1.807) is 6.42 Å². The lowest BCUT2D eigenvalue weighted by Crippen LogP contribution is -2.23. The van der Waals surface area contributed by atoms with Crippen LogP contribution in [0.2, 0.25) is 0 Å². The Labute approximate surface area is 139 Å². The van der Waals surface area contributed by atoms with E-state index in [2.05, 4.69) is 19.1 Å². The summed E-state index contributed by atoms with van der Waals surface area (Å²) in [6, 6.07) is 0. The van der Waals surface area contributed by atoms with Crippen molar-refractivity contribution in [1.29, 1.82) is 0 Å². The first kappa shape index (κ1) is 21.7. The highest BCUT2D eigenvalue weighted by molar-refractivity contribution is 4.81. The molecule has 0 spiro atoms. The second-order valence-electron chi connectivity index (χ2n) is 6.67. The van der Waals surface area contributed by atoms with Gasteiger partial charge in [0.05, 0.1) is 0 Å². The summed E-state index contributed by atoms with van der Waals surface area (Å²) in [6.07, 6.45) is 23.9. The van der Waals surface area contributed by atoms with Crippen LogP contribution in [0, 0.1) is 6.42 Å². The zero-order valence-corrected chi connectivity index (χ0v) is 15.0. The predicted molar refractivity (Wildman–Crippen MR) is 96.6 cm³/mol. The summed E-state index contributed by atoms with van der Waals surface area (Å²) < 4.78 is 0. The highest BCUT2D eigenvalue weighted by Crippen LogP contribution is 2.13. The lowest BCUT2D eigenvalue weighted by Gasteiger charge is -2.14. The van der Waals surface area contributed by atoms with Crippen molar-refractivity contribution in [3.8, 4) is 0 Å². The first-order valence-corrected chi connectivity index (χ1v) is 9.50. The summed E-state index contributed by atoms with van der Waals surface area (Å²) >= 11 is 0. The van der Waals surface area contributed by atoms with Gasteiger partial charge in [-0.05, 0) is 39.0 Å². The Morgan fingerprint density at radius 1 is 0.636 bits per heavy atom. The molecule has 0 saturated heterocycles. The van der Waals surface area contributed by atoms with Crippen molar-refractivity contribution in [1.82, 2.24) is 0 Å². The highest BCUT2D eigenvalue weighted by atomic mass is 16.5. The molecule has 0 fully saturated rings. The maximum absolute atomic E-state index is 9.13. The molecular weight excluding hydrogens is 272 g/mol. The second kappa shape index (κ2) is 15.6. The summed E-state index contributed by atoms with van der Waals surface area (Å²) in [4.78, 5) is 0. The fourth-order valence-electron chi connectivity index (χ4n) is 2.59. The van der Waals surface area contributed by atoms with Crippen LogP contribution >= 0.6 is 0 Å². The zero-order valence-electron chi connectivity index (χ0n) is 15.0. The molecule has 0 amide bonds. The van der Waals surface area contributed by atoms with E-state index >= 15 is 0 Å². The van der Waals surface area contributed by atoms with Crippen LogP contribution in [0.25, 0.3) is 0 Å². The molecule has 0 aromatic heterocycles. The van der Waals surface area contributed by atoms with Crippen LogP contribution in [-0.4, -0.2) is 16.0 Å². The fourth-order valence-corrected chi connectivity index (χ4v) is 2.59. The minimum Gasteiger partial charge on any atom is -0.366 e. The minimum absolute atomic E-state index is 0.793. The number of hydrogen-bond donors (Lipinski definition) is 2. The third kappa shape index (κ3) is 19.7. The van der Waals surface area contributed by atoms with Crippen molar-refractivity contribution in [3.63, 3.8) is 0 Å². The lowest BCUT2D eigenvalue weighted by molar-refractivity contribution is -0.117. The lowest BCUT2D eigenvalue weighted by atomic mass is 10.1. The molecule has 0 bridgehead atoms. The van der Waals surface area contributed by atoms with Gasteiger partial charge in [-0.25, -0.2) is 0 Å². The molecule has 22 heavy (non-hydrogen) atoms. The van der Waals surface area contributed by atoms with Crippen molar-refractivity contribution in [3.05, 3.63) is 18.6 Å². The molecule has 0 aliphatic heterocycles. The van der Waals surface area contributed by atoms with Crippen LogP contribution in [0.15, 0.2) is 12.2 Å². The van der Waals surface area contributed by atoms with Crippen molar-refractivity contribution < 1.29 is 10.2 Å². The summed E-state index contributed by atoms with van der Waals surface area (Å²) in [5, 5.41) is 18.3. The molecule has 1 radical (unpaired) electrons. The van der Waals surface area contributed by atoms with Gasteiger partial charge in [0.2, 0.25) is 0 Å². The Hall–Kier alpha value is -0.340. The van der Waals surface area contributed by atoms with Gasteiger partial charge in [0, 0.05) is 6.42 Å². The third-order valence-corrected chi connectivity index (χ3v) is 4.00. The average Bonchev–Trinajstić information content (AvgIpc) is 2.45. The number of hydrogen-bond acceptors (Lipinski definition) is 2. The molecule has 0 heterocycles. The molecule has 0 aliphatic carbocycles. The van der Waals surface area contributed by atoms with Crippen LogP contribution in [0.4, 0.5) is 0 Å². The quantitative estimate of drug-likeness (QED) is 0.211. The topological polar surface area (TPSA) is 40.5 Å². The van der Waals surface area contributed by atoms with Gasteiger partial charge < -0.3 is 10.2 Å². The van der Waals surface area contributed by atoms with Gasteiger partial charge in [-0.15, -0.1) is 0 Å². The van der Waals surface area contributed by atoms with Gasteiger partial charge in [-0.2, -0.15) is 0 Å². The van der Waals surface area contributed by atoms with Crippen LogP contribution in [0.5, 0.6) is 0 Å². The van der Waals surface area contributed by atoms with E-state index in [1.807, 2.05) is 0 Å². The second-order valence-corrected chi connectivity index (χ2v) is 6.67. The molecule has 2 heteroatoms. The van der Waals surface area contributed by atoms with Crippen molar-refractivity contribution in [2.45, 2.75) is 110 Å². The van der Waals surface area contributed by atoms with Crippen molar-refractivity contribution >= 4 is 0 Å². The zero-order chi connectivity index (χ0) is 16.5. The fraction of sp³-hybridized carbons (Fsp3) is 0.850. The van der Waals surface area contributed by atoms with E-state index in [0.717, 1.165) is 12.8 Å². The molecule has 0 aliphatic rings. The molecule has 0 aromatic carbocycles. The molecule has 0 atom stereocenters. The number of aliphatic hydroxyl groups is 2. The molecular formula is C20H39O2. The highest BCUT2D eigenvalue weighted by Gasteiger charge is 2.13. The predicted octanol–water partition coefficient (Wildman–Crippen LogP) is 5.93. The maximum atomic E-state index is 9.13. The van der Waals surface area contributed by atoms with Crippen molar-refractivity contribution in [2.24, 2.45) is 0 Å². The normalized spacial score (nSPS) is 12.4. The Bertz CT molecular complexity index is 241. The van der Waals surface area contributed by atoms with Gasteiger partial charge >= 0.3 is 0 Å². The molecule has 0 saturated carbocycles. The van der Waals surface area contributed by atoms with E-state index in [4.69, 9.17) is 10.2 Å². The standard InChI is InChI=1S/C20H39O2/c1-3-4-5-6-7-8-9-10-11-12-13-14-15-16-17-18-19-20(2,21)22/h10-11,19,21-22H,3-9,12-18H2,1-2H3/b11-10-. The Kier molecular flexibility index (Phi) is 15.3. The Morgan fingerprint density at radius 3 is 1.50 bits per heavy atom. The SMILES string of the molecule is CCCCCCCC/C=C\CCCCCCC[CH]C(C)(O)O. The minimum atomic E-state index is -1.60. The first-order chi connectivity index (χ1) is 10.6. The first-order valence-electron chi connectivity index (χ1n) is 9.50. The van der Waals surface area contributed by atoms with Gasteiger partial charge in [0.25, 0.3) is 0 Å². The van der Waals surface area contributed by atoms with E-state index < -0.39 is 5.79 Å². The molecule has 0 unspecified atom stereocenters. The van der Waals surface area contributed by atoms with Gasteiger partial charge in [0.15, 0.2) is 5.79 Å². The van der Waals surface area contributed by atoms with Crippen LogP contribution in [0.1, 0.15) is 104 Å². The number of allylic oxidation sites excluding steroid dienone is 2. The summed E-state index contributed by atoms with van der Waals surface area (Å²) in [6.45, 7) is 3.67. The van der Waals surface area contributed by atoms with E-state index in [-0.39, 0.29) is 0 Å². The Morgan fingerprint density at radius 2 is 1.05 bits per heavy atom. The van der Waals surface area contributed by atoms with Gasteiger partial charge in [0.1, 0.15) is 0 Å². The molecule has 2 N–H and O–H groups in total. The smallest absolute Gasteiger partial charge is 0.162 e. The van der Waals surface area contributed by atoms with Crippen LogP contribution in [-0.2, 0) is 0 Å². The monoisotopic (exact) mass is 311 g/mol. The maximum Gasteiger partial charge on any atom is 0.162 e. The molecule has 2 nitrogen and oxygen atoms in total. The van der Waals surface area contributed by atoms with Crippen LogP contribution < -0.4 is 0 Å². The summed E-state index contributed by atoms with van der Waals surface area (Å²) in [7, 11) is 0. The third-order valence-electron chi connectivity index (χ3n) is 4.00. The molecule has 0 aromatic rings. The van der Waals surface area contributed by atoms with Crippen molar-refractivity contribution in [2.75, 3.05) is 0 Å². The van der Waals surface area contributed by atoms with E-state index in [9.17, 15) is 0 Å². The van der Waals surface area contributed by atoms with Gasteiger partial charge in [-0.3, -0.25) is 0 Å². The Balaban J connectivity index is 3.11. The number of unbranched alkanes of at least 4 members (excludes halogenated alkanes) is 12. The molecule has 0 rings (SSSR count). The summed E-state index contributed by atoms with van der Waals surface area (Å²) in [5.74, 6) is -1.60. The largest absolute Gasteiger partial charge is 0.366 e. The number of rotatable bonds is 16. The van der Waals surface area contributed by atoms with Gasteiger partial charge in [-0.1, -0.05) is 76.9 Å². The van der Waals surface area contributed by atoms with E-state index in [0.29, 0.717) is 0 Å². The average molecular weight is 312 g/mol. The van der Waals surface area contributed by atoms with E-state index in [1.165, 1.54) is 84.0 Å². The van der Waals surface area contributed by atoms with Crippen LogP contribution in [0.3, 0.4) is 0 Å². The molecule has 131 valence electrons.